The Kier molecular flexibility index (Phi) is 7.18. The van der Waals surface area contributed by atoms with Crippen molar-refractivity contribution in [3.8, 4) is 28.6 Å². The zero-order chi connectivity index (χ0) is 24.1. The van der Waals surface area contributed by atoms with Gasteiger partial charge in [0.1, 0.15) is 0 Å². The van der Waals surface area contributed by atoms with E-state index in [9.17, 15) is 4.79 Å². The average Bonchev–Trinajstić information content (AvgIpc) is 3.29. The molecule has 1 aromatic heterocycles. The number of nitrogens with zero attached hydrogens (tertiary/aromatic N) is 3. The van der Waals surface area contributed by atoms with E-state index in [1.165, 1.54) is 11.8 Å². The zero-order valence-corrected chi connectivity index (χ0v) is 20.3. The molecule has 7 nitrogen and oxygen atoms in total. The lowest BCUT2D eigenvalue weighted by atomic mass is 10.1. The summed E-state index contributed by atoms with van der Waals surface area (Å²) in [5.41, 5.74) is 4.73. The quantitative estimate of drug-likeness (QED) is 0.349. The molecule has 0 radical (unpaired) electrons. The van der Waals surface area contributed by atoms with Gasteiger partial charge in [-0.05, 0) is 61.4 Å². The second-order valence-electron chi connectivity index (χ2n) is 7.63. The first-order valence-corrected chi connectivity index (χ1v) is 11.7. The number of rotatable bonds is 8. The lowest BCUT2D eigenvalue weighted by Gasteiger charge is -2.13. The monoisotopic (exact) mass is 474 g/mol. The molecule has 4 aromatic rings. The summed E-state index contributed by atoms with van der Waals surface area (Å²) in [7, 11) is 3.20. The van der Waals surface area contributed by atoms with E-state index in [1.807, 2.05) is 85.1 Å². The van der Waals surface area contributed by atoms with Crippen molar-refractivity contribution >= 4 is 23.4 Å². The number of aryl methyl sites for hydroxylation is 1. The van der Waals surface area contributed by atoms with Crippen LogP contribution in [0.1, 0.15) is 11.1 Å². The molecule has 1 N–H and O–H groups in total. The lowest BCUT2D eigenvalue weighted by molar-refractivity contribution is -0.113. The number of nitrogens with one attached hydrogen (secondary N) is 1. The average molecular weight is 475 g/mol. The third kappa shape index (κ3) is 4.92. The standard InChI is InChI=1S/C26H26N4O3S/c1-17-9-8-12-21(18(17)2)27-24(31)16-34-26-29-28-25(30(26)20-10-6-5-7-11-20)19-13-14-22(32-3)23(15-19)33-4/h5-15H,16H2,1-4H3,(H,27,31). The van der Waals surface area contributed by atoms with Gasteiger partial charge in [0.05, 0.1) is 20.0 Å². The van der Waals surface area contributed by atoms with Crippen LogP contribution in [0.15, 0.2) is 71.9 Å². The smallest absolute Gasteiger partial charge is 0.234 e. The Balaban J connectivity index is 1.63. The Morgan fingerprint density at radius 3 is 2.44 bits per heavy atom. The van der Waals surface area contributed by atoms with Crippen LogP contribution in [0.3, 0.4) is 0 Å². The molecule has 0 fully saturated rings. The van der Waals surface area contributed by atoms with E-state index in [2.05, 4.69) is 15.5 Å². The summed E-state index contributed by atoms with van der Waals surface area (Å²) in [6.45, 7) is 4.03. The van der Waals surface area contributed by atoms with Crippen molar-refractivity contribution in [3.05, 3.63) is 77.9 Å². The largest absolute Gasteiger partial charge is 0.493 e. The molecule has 0 saturated heterocycles. The molecular formula is C26H26N4O3S. The third-order valence-electron chi connectivity index (χ3n) is 5.50. The molecule has 1 amide bonds. The predicted molar refractivity (Wildman–Crippen MR) is 135 cm³/mol. The molecule has 1 heterocycles. The van der Waals surface area contributed by atoms with Gasteiger partial charge in [0.2, 0.25) is 5.91 Å². The topological polar surface area (TPSA) is 78.3 Å². The van der Waals surface area contributed by atoms with Gasteiger partial charge < -0.3 is 14.8 Å². The molecule has 0 spiro atoms. The van der Waals surface area contributed by atoms with E-state index in [1.54, 1.807) is 14.2 Å². The minimum Gasteiger partial charge on any atom is -0.493 e. The number of carbonyl (C=O) groups excluding carboxylic acids is 1. The van der Waals surface area contributed by atoms with Crippen LogP contribution in [-0.2, 0) is 4.79 Å². The Hall–Kier alpha value is -3.78. The van der Waals surface area contributed by atoms with E-state index in [-0.39, 0.29) is 11.7 Å². The molecule has 0 unspecified atom stereocenters. The minimum atomic E-state index is -0.103. The number of methoxy groups -OCH3 is 2. The molecule has 0 atom stereocenters. The second-order valence-corrected chi connectivity index (χ2v) is 8.57. The molecule has 0 aliphatic carbocycles. The van der Waals surface area contributed by atoms with Gasteiger partial charge in [-0.15, -0.1) is 10.2 Å². The Labute approximate surface area is 203 Å². The predicted octanol–water partition coefficient (Wildman–Crippen LogP) is 5.30. The van der Waals surface area contributed by atoms with Gasteiger partial charge in [0.25, 0.3) is 0 Å². The molecule has 34 heavy (non-hydrogen) atoms. The van der Waals surface area contributed by atoms with Gasteiger partial charge in [0, 0.05) is 16.9 Å². The summed E-state index contributed by atoms with van der Waals surface area (Å²) >= 11 is 1.33. The molecular weight excluding hydrogens is 448 g/mol. The summed E-state index contributed by atoms with van der Waals surface area (Å²) in [6.07, 6.45) is 0. The maximum atomic E-state index is 12.7. The minimum absolute atomic E-state index is 0.103. The van der Waals surface area contributed by atoms with Gasteiger partial charge in [-0.3, -0.25) is 9.36 Å². The summed E-state index contributed by atoms with van der Waals surface area (Å²) in [4.78, 5) is 12.7. The second kappa shape index (κ2) is 10.4. The summed E-state index contributed by atoms with van der Waals surface area (Å²) in [5, 5.41) is 12.5. The fourth-order valence-corrected chi connectivity index (χ4v) is 4.29. The van der Waals surface area contributed by atoms with Gasteiger partial charge >= 0.3 is 0 Å². The lowest BCUT2D eigenvalue weighted by Crippen LogP contribution is -2.15. The van der Waals surface area contributed by atoms with Crippen LogP contribution in [0.2, 0.25) is 0 Å². The highest BCUT2D eigenvalue weighted by atomic mass is 32.2. The van der Waals surface area contributed by atoms with Crippen molar-refractivity contribution < 1.29 is 14.3 Å². The maximum absolute atomic E-state index is 12.7. The van der Waals surface area contributed by atoms with E-state index in [0.29, 0.717) is 22.5 Å². The molecule has 0 aliphatic heterocycles. The third-order valence-corrected chi connectivity index (χ3v) is 6.43. The summed E-state index contributed by atoms with van der Waals surface area (Å²) in [5.74, 6) is 1.97. The molecule has 0 aliphatic rings. The molecule has 8 heteroatoms. The van der Waals surface area contributed by atoms with Crippen molar-refractivity contribution in [2.45, 2.75) is 19.0 Å². The van der Waals surface area contributed by atoms with Crippen molar-refractivity contribution in [1.82, 2.24) is 14.8 Å². The summed E-state index contributed by atoms with van der Waals surface area (Å²) in [6, 6.07) is 21.3. The van der Waals surface area contributed by atoms with Gasteiger partial charge in [-0.1, -0.05) is 42.1 Å². The molecule has 0 bridgehead atoms. The van der Waals surface area contributed by atoms with Crippen molar-refractivity contribution in [3.63, 3.8) is 0 Å². The Morgan fingerprint density at radius 2 is 1.71 bits per heavy atom. The number of aromatic nitrogens is 3. The first-order chi connectivity index (χ1) is 16.5. The van der Waals surface area contributed by atoms with Gasteiger partial charge in [-0.2, -0.15) is 0 Å². The number of para-hydroxylation sites is 1. The first kappa shape index (κ1) is 23.4. The van der Waals surface area contributed by atoms with Crippen molar-refractivity contribution in [2.75, 3.05) is 25.3 Å². The highest BCUT2D eigenvalue weighted by Gasteiger charge is 2.19. The van der Waals surface area contributed by atoms with Crippen molar-refractivity contribution in [2.24, 2.45) is 0 Å². The van der Waals surface area contributed by atoms with Gasteiger partial charge in [0.15, 0.2) is 22.5 Å². The SMILES string of the molecule is COc1ccc(-c2nnc(SCC(=O)Nc3cccc(C)c3C)n2-c2ccccc2)cc1OC. The van der Waals surface area contributed by atoms with E-state index >= 15 is 0 Å². The molecule has 0 saturated carbocycles. The number of carbonyl (C=O) groups is 1. The van der Waals surface area contributed by atoms with Crippen LogP contribution in [0.25, 0.3) is 17.1 Å². The van der Waals surface area contributed by atoms with Crippen LogP contribution < -0.4 is 14.8 Å². The fraction of sp³-hybridized carbons (Fsp3) is 0.192. The highest BCUT2D eigenvalue weighted by Crippen LogP contribution is 2.34. The number of amides is 1. The summed E-state index contributed by atoms with van der Waals surface area (Å²) < 4.78 is 12.8. The van der Waals surface area contributed by atoms with Crippen LogP contribution in [-0.4, -0.2) is 40.6 Å². The van der Waals surface area contributed by atoms with Crippen LogP contribution >= 0.6 is 11.8 Å². The number of benzene rings is 3. The number of anilines is 1. The molecule has 4 rings (SSSR count). The van der Waals surface area contributed by atoms with Gasteiger partial charge in [-0.25, -0.2) is 0 Å². The van der Waals surface area contributed by atoms with Crippen LogP contribution in [0, 0.1) is 13.8 Å². The van der Waals surface area contributed by atoms with E-state index in [4.69, 9.17) is 9.47 Å². The molecule has 3 aromatic carbocycles. The highest BCUT2D eigenvalue weighted by molar-refractivity contribution is 7.99. The number of ether oxygens (including phenoxy) is 2. The number of hydrogen-bond acceptors (Lipinski definition) is 6. The Bertz CT molecular complexity index is 1300. The fourth-order valence-electron chi connectivity index (χ4n) is 3.54. The Morgan fingerprint density at radius 1 is 0.941 bits per heavy atom. The van der Waals surface area contributed by atoms with Crippen molar-refractivity contribution in [1.29, 1.82) is 0 Å². The normalized spacial score (nSPS) is 10.7. The maximum Gasteiger partial charge on any atom is 0.234 e. The number of hydrogen-bond donors (Lipinski definition) is 1. The molecule has 174 valence electrons. The number of thioether (sulfide) groups is 1. The van der Waals surface area contributed by atoms with E-state index in [0.717, 1.165) is 28.1 Å². The van der Waals surface area contributed by atoms with Crippen LogP contribution in [0.5, 0.6) is 11.5 Å². The first-order valence-electron chi connectivity index (χ1n) is 10.7. The van der Waals surface area contributed by atoms with Crippen LogP contribution in [0.4, 0.5) is 5.69 Å². The van der Waals surface area contributed by atoms with E-state index < -0.39 is 0 Å². The zero-order valence-electron chi connectivity index (χ0n) is 19.5.